The zero-order valence-electron chi connectivity index (χ0n) is 13.1. The lowest BCUT2D eigenvalue weighted by Gasteiger charge is -2.06. The van der Waals surface area contributed by atoms with Crippen molar-refractivity contribution >= 4 is 34.3 Å². The van der Waals surface area contributed by atoms with Crippen LogP contribution in [0.4, 0.5) is 15.8 Å². The summed E-state index contributed by atoms with van der Waals surface area (Å²) in [4.78, 5) is 28.3. The largest absolute Gasteiger partial charge is 0.440 e. The Morgan fingerprint density at radius 1 is 1.04 bits per heavy atom. The van der Waals surface area contributed by atoms with Crippen LogP contribution in [0.1, 0.15) is 24.7 Å². The number of hydrogen-bond acceptors (Lipinski definition) is 4. The molecule has 0 spiro atoms. The molecule has 0 aliphatic heterocycles. The van der Waals surface area contributed by atoms with Gasteiger partial charge < -0.3 is 15.1 Å². The molecule has 1 aliphatic rings. The lowest BCUT2D eigenvalue weighted by Crippen LogP contribution is -2.29. The van der Waals surface area contributed by atoms with Gasteiger partial charge in [-0.1, -0.05) is 6.07 Å². The fourth-order valence-electron chi connectivity index (χ4n) is 2.47. The minimum Gasteiger partial charge on any atom is -0.440 e. The standard InChI is InChI=1S/C18H14FN3O3/c19-11-2-1-3-12(8-11)20-16(23)17(24)21-13-6-7-14-15(9-13)25-18(22-14)10-4-5-10/h1-3,6-10H,4-5H2,(H,20,23)(H,21,24). The van der Waals surface area contributed by atoms with Crippen LogP contribution in [-0.4, -0.2) is 16.8 Å². The van der Waals surface area contributed by atoms with Crippen LogP contribution in [0, 0.1) is 5.82 Å². The van der Waals surface area contributed by atoms with E-state index in [1.807, 2.05) is 0 Å². The van der Waals surface area contributed by atoms with E-state index in [2.05, 4.69) is 15.6 Å². The molecular weight excluding hydrogens is 325 g/mol. The topological polar surface area (TPSA) is 84.2 Å². The summed E-state index contributed by atoms with van der Waals surface area (Å²) in [6.45, 7) is 0. The molecule has 126 valence electrons. The molecule has 1 fully saturated rings. The number of anilines is 2. The summed E-state index contributed by atoms with van der Waals surface area (Å²) < 4.78 is 18.8. The van der Waals surface area contributed by atoms with E-state index in [1.165, 1.54) is 18.2 Å². The molecule has 0 atom stereocenters. The number of carbonyl (C=O) groups excluding carboxylic acids is 2. The second-order valence-electron chi connectivity index (χ2n) is 5.93. The molecule has 1 saturated carbocycles. The predicted octanol–water partition coefficient (Wildman–Crippen LogP) is 3.42. The number of oxazole rings is 1. The van der Waals surface area contributed by atoms with Gasteiger partial charge in [0.15, 0.2) is 11.5 Å². The smallest absolute Gasteiger partial charge is 0.314 e. The van der Waals surface area contributed by atoms with Crippen LogP contribution in [0.3, 0.4) is 0 Å². The minimum atomic E-state index is -0.887. The molecule has 2 aromatic carbocycles. The maximum absolute atomic E-state index is 13.1. The number of rotatable bonds is 3. The Morgan fingerprint density at radius 2 is 1.76 bits per heavy atom. The van der Waals surface area contributed by atoms with E-state index in [1.54, 1.807) is 18.2 Å². The summed E-state index contributed by atoms with van der Waals surface area (Å²) in [6, 6.07) is 10.3. The van der Waals surface area contributed by atoms with Crippen molar-refractivity contribution in [2.45, 2.75) is 18.8 Å². The van der Waals surface area contributed by atoms with Gasteiger partial charge in [0.05, 0.1) is 0 Å². The molecule has 6 nitrogen and oxygen atoms in total. The van der Waals surface area contributed by atoms with Gasteiger partial charge in [0.1, 0.15) is 11.3 Å². The molecule has 2 amide bonds. The number of aromatic nitrogens is 1. The van der Waals surface area contributed by atoms with E-state index in [9.17, 15) is 14.0 Å². The van der Waals surface area contributed by atoms with Gasteiger partial charge in [-0.2, -0.15) is 0 Å². The lowest BCUT2D eigenvalue weighted by atomic mass is 10.3. The Hall–Kier alpha value is -3.22. The van der Waals surface area contributed by atoms with Crippen molar-refractivity contribution in [2.24, 2.45) is 0 Å². The third kappa shape index (κ3) is 3.35. The number of nitrogens with one attached hydrogen (secondary N) is 2. The lowest BCUT2D eigenvalue weighted by molar-refractivity contribution is -0.132. The summed E-state index contributed by atoms with van der Waals surface area (Å²) in [5, 5.41) is 4.83. The van der Waals surface area contributed by atoms with E-state index >= 15 is 0 Å². The first-order valence-electron chi connectivity index (χ1n) is 7.87. The molecule has 1 heterocycles. The van der Waals surface area contributed by atoms with Gasteiger partial charge in [-0.3, -0.25) is 9.59 Å². The summed E-state index contributed by atoms with van der Waals surface area (Å²) >= 11 is 0. The van der Waals surface area contributed by atoms with Gasteiger partial charge in [0.2, 0.25) is 0 Å². The Balaban J connectivity index is 1.46. The average molecular weight is 339 g/mol. The van der Waals surface area contributed by atoms with Crippen molar-refractivity contribution in [2.75, 3.05) is 10.6 Å². The predicted molar refractivity (Wildman–Crippen MR) is 89.6 cm³/mol. The molecule has 1 aliphatic carbocycles. The number of hydrogen-bond donors (Lipinski definition) is 2. The fraction of sp³-hybridized carbons (Fsp3) is 0.167. The van der Waals surface area contributed by atoms with Crippen molar-refractivity contribution in [1.29, 1.82) is 0 Å². The van der Waals surface area contributed by atoms with E-state index in [4.69, 9.17) is 4.42 Å². The molecule has 4 rings (SSSR count). The van der Waals surface area contributed by atoms with E-state index in [0.29, 0.717) is 28.6 Å². The molecule has 0 saturated heterocycles. The third-order valence-corrected chi connectivity index (χ3v) is 3.88. The van der Waals surface area contributed by atoms with Crippen LogP contribution < -0.4 is 10.6 Å². The Kier molecular flexibility index (Phi) is 3.68. The molecule has 2 N–H and O–H groups in total. The van der Waals surface area contributed by atoms with Crippen LogP contribution in [-0.2, 0) is 9.59 Å². The van der Waals surface area contributed by atoms with Gasteiger partial charge in [-0.25, -0.2) is 9.37 Å². The number of carbonyl (C=O) groups is 2. The number of amides is 2. The van der Waals surface area contributed by atoms with Crippen LogP contribution in [0.5, 0.6) is 0 Å². The second-order valence-corrected chi connectivity index (χ2v) is 5.93. The summed E-state index contributed by atoms with van der Waals surface area (Å²) in [5.74, 6) is -1.14. The fourth-order valence-corrected chi connectivity index (χ4v) is 2.47. The van der Waals surface area contributed by atoms with Gasteiger partial charge >= 0.3 is 11.8 Å². The molecule has 0 unspecified atom stereocenters. The van der Waals surface area contributed by atoms with Crippen LogP contribution >= 0.6 is 0 Å². The van der Waals surface area contributed by atoms with Crippen molar-refractivity contribution < 1.29 is 18.4 Å². The van der Waals surface area contributed by atoms with Gasteiger partial charge in [-0.15, -0.1) is 0 Å². The highest BCUT2D eigenvalue weighted by Gasteiger charge is 2.29. The highest BCUT2D eigenvalue weighted by Crippen LogP contribution is 2.40. The summed E-state index contributed by atoms with van der Waals surface area (Å²) in [6.07, 6.45) is 2.16. The van der Waals surface area contributed by atoms with E-state index < -0.39 is 17.6 Å². The second kappa shape index (κ2) is 6.01. The van der Waals surface area contributed by atoms with Crippen LogP contribution in [0.15, 0.2) is 46.9 Å². The average Bonchev–Trinajstić information content (AvgIpc) is 3.34. The van der Waals surface area contributed by atoms with Gasteiger partial charge in [-0.05, 0) is 43.2 Å². The zero-order chi connectivity index (χ0) is 17.4. The van der Waals surface area contributed by atoms with Crippen LogP contribution in [0.25, 0.3) is 11.1 Å². The molecular formula is C18H14FN3O3. The minimum absolute atomic E-state index is 0.208. The van der Waals surface area contributed by atoms with Crippen molar-refractivity contribution in [3.63, 3.8) is 0 Å². The monoisotopic (exact) mass is 339 g/mol. The molecule has 1 aromatic heterocycles. The molecule has 0 radical (unpaired) electrons. The zero-order valence-corrected chi connectivity index (χ0v) is 13.1. The molecule has 25 heavy (non-hydrogen) atoms. The first kappa shape index (κ1) is 15.3. The Bertz CT molecular complexity index is 979. The van der Waals surface area contributed by atoms with Gasteiger partial charge in [0, 0.05) is 23.4 Å². The maximum atomic E-state index is 13.1. The summed E-state index contributed by atoms with van der Waals surface area (Å²) in [7, 11) is 0. The number of halogens is 1. The van der Waals surface area contributed by atoms with Crippen molar-refractivity contribution in [3.8, 4) is 0 Å². The Morgan fingerprint density at radius 3 is 2.44 bits per heavy atom. The van der Waals surface area contributed by atoms with Crippen molar-refractivity contribution in [3.05, 3.63) is 54.2 Å². The maximum Gasteiger partial charge on any atom is 0.314 e. The Labute approximate surface area is 142 Å². The van der Waals surface area contributed by atoms with Gasteiger partial charge in [0.25, 0.3) is 0 Å². The third-order valence-electron chi connectivity index (χ3n) is 3.88. The normalized spacial score (nSPS) is 13.6. The molecule has 3 aromatic rings. The highest BCUT2D eigenvalue weighted by atomic mass is 19.1. The highest BCUT2D eigenvalue weighted by molar-refractivity contribution is 6.43. The number of nitrogens with zero attached hydrogens (tertiary/aromatic N) is 1. The quantitative estimate of drug-likeness (QED) is 0.716. The first-order valence-corrected chi connectivity index (χ1v) is 7.87. The van der Waals surface area contributed by atoms with Crippen molar-refractivity contribution in [1.82, 2.24) is 4.98 Å². The SMILES string of the molecule is O=C(Nc1cccc(F)c1)C(=O)Nc1ccc2nc(C3CC3)oc2c1. The number of fused-ring (bicyclic) bond motifs is 1. The summed E-state index contributed by atoms with van der Waals surface area (Å²) in [5.41, 5.74) is 1.90. The number of benzene rings is 2. The van der Waals surface area contributed by atoms with E-state index in [-0.39, 0.29) is 5.69 Å². The molecule has 7 heteroatoms. The molecule has 0 bridgehead atoms. The van der Waals surface area contributed by atoms with E-state index in [0.717, 1.165) is 18.9 Å². The first-order chi connectivity index (χ1) is 12.1. The van der Waals surface area contributed by atoms with Crippen LogP contribution in [0.2, 0.25) is 0 Å².